The predicted molar refractivity (Wildman–Crippen MR) is 124 cm³/mol. The van der Waals surface area contributed by atoms with Gasteiger partial charge in [0.15, 0.2) is 5.82 Å². The van der Waals surface area contributed by atoms with Gasteiger partial charge in [0.2, 0.25) is 5.91 Å². The van der Waals surface area contributed by atoms with E-state index in [1.807, 2.05) is 36.2 Å². The molecule has 166 valence electrons. The lowest BCUT2D eigenvalue weighted by molar-refractivity contribution is -0.119. The Kier molecular flexibility index (Phi) is 5.57. The largest absolute Gasteiger partial charge is 0.490 e. The zero-order valence-electron chi connectivity index (χ0n) is 18.6. The van der Waals surface area contributed by atoms with Crippen LogP contribution >= 0.6 is 0 Å². The molecule has 0 saturated carbocycles. The standard InChI is InChI=1S/C25H28N4O3/c1-18-3-6-20(7-4-18)21-16-28(26-25(21)27-9-12-31-13-10-27)17-24(30)29-11-14-32-23-8-5-19(2)15-22(23)29/h3-8,15-16H,9-14,17H2,1-2H3. The lowest BCUT2D eigenvalue weighted by atomic mass is 10.1. The predicted octanol–water partition coefficient (Wildman–Crippen LogP) is 3.43. The van der Waals surface area contributed by atoms with E-state index in [9.17, 15) is 4.79 Å². The first-order valence-electron chi connectivity index (χ1n) is 11.1. The smallest absolute Gasteiger partial charge is 0.248 e. The minimum absolute atomic E-state index is 0.00614. The van der Waals surface area contributed by atoms with Gasteiger partial charge in [-0.3, -0.25) is 9.48 Å². The molecule has 2 aliphatic heterocycles. The van der Waals surface area contributed by atoms with Gasteiger partial charge in [-0.15, -0.1) is 0 Å². The van der Waals surface area contributed by atoms with Crippen molar-refractivity contribution < 1.29 is 14.3 Å². The first-order valence-corrected chi connectivity index (χ1v) is 11.1. The number of amides is 1. The molecule has 1 saturated heterocycles. The summed E-state index contributed by atoms with van der Waals surface area (Å²) in [7, 11) is 0. The number of benzene rings is 2. The van der Waals surface area contributed by atoms with E-state index in [-0.39, 0.29) is 12.5 Å². The fraction of sp³-hybridized carbons (Fsp3) is 0.360. The van der Waals surface area contributed by atoms with Gasteiger partial charge in [-0.05, 0) is 37.1 Å². The summed E-state index contributed by atoms with van der Waals surface area (Å²) in [4.78, 5) is 17.4. The van der Waals surface area contributed by atoms with Crippen LogP contribution in [-0.4, -0.2) is 55.1 Å². The van der Waals surface area contributed by atoms with E-state index < -0.39 is 0 Å². The zero-order chi connectivity index (χ0) is 22.1. The van der Waals surface area contributed by atoms with Crippen LogP contribution in [0.3, 0.4) is 0 Å². The molecule has 0 atom stereocenters. The number of ether oxygens (including phenoxy) is 2. The van der Waals surface area contributed by atoms with Crippen molar-refractivity contribution in [1.82, 2.24) is 9.78 Å². The Morgan fingerprint density at radius 3 is 2.50 bits per heavy atom. The van der Waals surface area contributed by atoms with Crippen LogP contribution in [0.4, 0.5) is 11.5 Å². The molecule has 3 aromatic rings. The van der Waals surface area contributed by atoms with Crippen LogP contribution in [0.15, 0.2) is 48.7 Å². The highest BCUT2D eigenvalue weighted by Gasteiger charge is 2.26. The lowest BCUT2D eigenvalue weighted by Gasteiger charge is -2.30. The number of hydrogen-bond acceptors (Lipinski definition) is 5. The van der Waals surface area contributed by atoms with Crippen LogP contribution in [0.1, 0.15) is 11.1 Å². The van der Waals surface area contributed by atoms with Crippen molar-refractivity contribution in [3.05, 3.63) is 59.8 Å². The van der Waals surface area contributed by atoms with Crippen molar-refractivity contribution >= 4 is 17.4 Å². The van der Waals surface area contributed by atoms with Crippen molar-refractivity contribution in [1.29, 1.82) is 0 Å². The van der Waals surface area contributed by atoms with Gasteiger partial charge in [0.1, 0.15) is 18.9 Å². The molecule has 0 aliphatic carbocycles. The van der Waals surface area contributed by atoms with Gasteiger partial charge in [-0.25, -0.2) is 0 Å². The van der Waals surface area contributed by atoms with Crippen molar-refractivity contribution in [3.8, 4) is 16.9 Å². The highest BCUT2D eigenvalue weighted by Crippen LogP contribution is 2.33. The van der Waals surface area contributed by atoms with Crippen LogP contribution in [0, 0.1) is 13.8 Å². The van der Waals surface area contributed by atoms with E-state index in [0.717, 1.165) is 47.0 Å². The normalized spacial score (nSPS) is 15.9. The van der Waals surface area contributed by atoms with Crippen LogP contribution in [-0.2, 0) is 16.1 Å². The average molecular weight is 433 g/mol. The zero-order valence-corrected chi connectivity index (χ0v) is 18.6. The molecule has 7 nitrogen and oxygen atoms in total. The maximum Gasteiger partial charge on any atom is 0.248 e. The van der Waals surface area contributed by atoms with Gasteiger partial charge in [0.25, 0.3) is 0 Å². The third-order valence-electron chi connectivity index (χ3n) is 5.99. The van der Waals surface area contributed by atoms with E-state index in [2.05, 4.69) is 36.1 Å². The average Bonchev–Trinajstić information content (AvgIpc) is 3.23. The molecule has 32 heavy (non-hydrogen) atoms. The monoisotopic (exact) mass is 432 g/mol. The van der Waals surface area contributed by atoms with E-state index in [0.29, 0.717) is 26.4 Å². The summed E-state index contributed by atoms with van der Waals surface area (Å²) < 4.78 is 13.0. The molecule has 0 radical (unpaired) electrons. The Bertz CT molecular complexity index is 1120. The number of nitrogens with zero attached hydrogens (tertiary/aromatic N) is 4. The van der Waals surface area contributed by atoms with Gasteiger partial charge in [0.05, 0.1) is 25.4 Å². The second-order valence-electron chi connectivity index (χ2n) is 8.39. The van der Waals surface area contributed by atoms with Crippen molar-refractivity contribution in [2.24, 2.45) is 0 Å². The molecule has 1 amide bonds. The number of anilines is 2. The molecule has 1 aromatic heterocycles. The first-order chi connectivity index (χ1) is 15.6. The number of carbonyl (C=O) groups is 1. The minimum atomic E-state index is 0.00614. The highest BCUT2D eigenvalue weighted by atomic mass is 16.5. The third-order valence-corrected chi connectivity index (χ3v) is 5.99. The number of rotatable bonds is 4. The van der Waals surface area contributed by atoms with Crippen molar-refractivity contribution in [3.63, 3.8) is 0 Å². The quantitative estimate of drug-likeness (QED) is 0.632. The molecule has 1 fully saturated rings. The molecule has 0 unspecified atom stereocenters. The van der Waals surface area contributed by atoms with Crippen LogP contribution < -0.4 is 14.5 Å². The van der Waals surface area contributed by atoms with E-state index >= 15 is 0 Å². The highest BCUT2D eigenvalue weighted by molar-refractivity contribution is 5.95. The van der Waals surface area contributed by atoms with Gasteiger partial charge >= 0.3 is 0 Å². The first kappa shape index (κ1) is 20.6. The van der Waals surface area contributed by atoms with Crippen molar-refractivity contribution in [2.45, 2.75) is 20.4 Å². The fourth-order valence-electron chi connectivity index (χ4n) is 4.25. The molecule has 0 N–H and O–H groups in total. The molecular weight excluding hydrogens is 404 g/mol. The summed E-state index contributed by atoms with van der Waals surface area (Å²) in [6.45, 7) is 8.26. The molecule has 0 spiro atoms. The van der Waals surface area contributed by atoms with Crippen molar-refractivity contribution in [2.75, 3.05) is 49.3 Å². The van der Waals surface area contributed by atoms with E-state index in [1.54, 1.807) is 4.68 Å². The number of carbonyl (C=O) groups excluding carboxylic acids is 1. The number of aromatic nitrogens is 2. The second kappa shape index (κ2) is 8.67. The summed E-state index contributed by atoms with van der Waals surface area (Å²) >= 11 is 0. The number of fused-ring (bicyclic) bond motifs is 1. The maximum absolute atomic E-state index is 13.3. The molecule has 0 bridgehead atoms. The summed E-state index contributed by atoms with van der Waals surface area (Å²) in [6, 6.07) is 14.4. The van der Waals surface area contributed by atoms with Gasteiger partial charge in [0, 0.05) is 24.8 Å². The summed E-state index contributed by atoms with van der Waals surface area (Å²) in [6.07, 6.45) is 1.99. The fourth-order valence-corrected chi connectivity index (χ4v) is 4.25. The maximum atomic E-state index is 13.3. The minimum Gasteiger partial charge on any atom is -0.490 e. The van der Waals surface area contributed by atoms with Gasteiger partial charge in [-0.1, -0.05) is 35.9 Å². The molecule has 2 aliphatic rings. The number of hydrogen-bond donors (Lipinski definition) is 0. The van der Waals surface area contributed by atoms with E-state index in [1.165, 1.54) is 5.56 Å². The van der Waals surface area contributed by atoms with Crippen LogP contribution in [0.25, 0.3) is 11.1 Å². The molecular formula is C25H28N4O3. The Labute approximate surface area is 188 Å². The Hall–Kier alpha value is -3.32. The number of aryl methyl sites for hydroxylation is 2. The SMILES string of the molecule is Cc1ccc(-c2cn(CC(=O)N3CCOc4ccc(C)cc43)nc2N2CCOCC2)cc1. The van der Waals surface area contributed by atoms with E-state index in [4.69, 9.17) is 14.6 Å². The third kappa shape index (κ3) is 4.08. The Balaban J connectivity index is 1.45. The molecule has 5 rings (SSSR count). The van der Waals surface area contributed by atoms with Crippen LogP contribution in [0.5, 0.6) is 5.75 Å². The molecule has 3 heterocycles. The van der Waals surface area contributed by atoms with Gasteiger partial charge in [-0.2, -0.15) is 5.10 Å². The van der Waals surface area contributed by atoms with Gasteiger partial charge < -0.3 is 19.3 Å². The Morgan fingerprint density at radius 2 is 1.72 bits per heavy atom. The topological polar surface area (TPSA) is 59.8 Å². The molecule has 2 aromatic carbocycles. The summed E-state index contributed by atoms with van der Waals surface area (Å²) in [5, 5.41) is 4.85. The summed E-state index contributed by atoms with van der Waals surface area (Å²) in [5.74, 6) is 1.67. The lowest BCUT2D eigenvalue weighted by Crippen LogP contribution is -2.40. The Morgan fingerprint density at radius 1 is 0.969 bits per heavy atom. The second-order valence-corrected chi connectivity index (χ2v) is 8.39. The van der Waals surface area contributed by atoms with Crippen LogP contribution in [0.2, 0.25) is 0 Å². The summed E-state index contributed by atoms with van der Waals surface area (Å²) in [5.41, 5.74) is 5.29. The number of morpholine rings is 1. The molecule has 7 heteroatoms.